The molecule has 0 amide bonds. The molecule has 4 aliphatic carbocycles. The molecule has 4 aliphatic rings. The molecule has 0 aromatic heterocycles. The molecular weight excluding hydrogens is 627 g/mol. The third kappa shape index (κ3) is 7.65. The zero-order valence-corrected chi connectivity index (χ0v) is 29.8. The van der Waals surface area contributed by atoms with Crippen LogP contribution in [0.15, 0.2) is 60.7 Å². The van der Waals surface area contributed by atoms with E-state index in [1.54, 1.807) is 0 Å². The molecular formula is C39H55O8P. The number of hydrogen-bond donors (Lipinski definition) is 2. The number of phosphoric acid groups is 1. The van der Waals surface area contributed by atoms with Crippen LogP contribution in [-0.4, -0.2) is 35.2 Å². The summed E-state index contributed by atoms with van der Waals surface area (Å²) in [5, 5.41) is 21.9. The molecule has 264 valence electrons. The highest BCUT2D eigenvalue weighted by Gasteiger charge is 2.62. The highest BCUT2D eigenvalue weighted by atomic mass is 31.2. The standard InChI is InChI=1S/C39H55O8P/c1-27(32-15-16-33-37-34(19-21-39(32,33)3)38(2)20-18-31(40)22-30(38)23-35(37)41)14-17-36(42)44-26-47-48(43,45-24-28-10-6-4-7-11-28)46-25-29-12-8-5-9-13-29/h4-13,27,30-35,37,40-41H,14-26H2,1-3H3/t27-,30+,31-,32-,33+,34+,35+,37+,38+,39-/m1/s1. The van der Waals surface area contributed by atoms with Gasteiger partial charge in [0, 0.05) is 6.42 Å². The molecule has 0 radical (unpaired) electrons. The van der Waals surface area contributed by atoms with Crippen LogP contribution in [0.5, 0.6) is 0 Å². The van der Waals surface area contributed by atoms with E-state index >= 15 is 0 Å². The maximum absolute atomic E-state index is 13.5. The number of aliphatic hydroxyl groups excluding tert-OH is 2. The molecule has 4 saturated carbocycles. The fourth-order valence-electron chi connectivity index (χ4n) is 10.5. The van der Waals surface area contributed by atoms with Crippen molar-refractivity contribution in [1.29, 1.82) is 0 Å². The molecule has 6 rings (SSSR count). The van der Waals surface area contributed by atoms with Gasteiger partial charge in [-0.15, -0.1) is 0 Å². The zero-order chi connectivity index (χ0) is 33.9. The van der Waals surface area contributed by atoms with Crippen molar-refractivity contribution in [3.05, 3.63) is 71.8 Å². The van der Waals surface area contributed by atoms with E-state index in [2.05, 4.69) is 20.8 Å². The summed E-state index contributed by atoms with van der Waals surface area (Å²) in [6, 6.07) is 18.7. The van der Waals surface area contributed by atoms with Crippen molar-refractivity contribution < 1.29 is 37.9 Å². The minimum absolute atomic E-state index is 0.0289. The first-order valence-corrected chi connectivity index (χ1v) is 19.6. The Morgan fingerprint density at radius 3 is 2.08 bits per heavy atom. The van der Waals surface area contributed by atoms with Gasteiger partial charge in [0.1, 0.15) is 0 Å². The first-order valence-electron chi connectivity index (χ1n) is 18.1. The fraction of sp³-hybridized carbons (Fsp3) is 0.667. The van der Waals surface area contributed by atoms with Crippen molar-refractivity contribution in [2.75, 3.05) is 6.79 Å². The van der Waals surface area contributed by atoms with Crippen molar-refractivity contribution in [1.82, 2.24) is 0 Å². The lowest BCUT2D eigenvalue weighted by Gasteiger charge is -2.62. The van der Waals surface area contributed by atoms with E-state index in [1.807, 2.05) is 60.7 Å². The predicted molar refractivity (Wildman–Crippen MR) is 183 cm³/mol. The third-order valence-corrected chi connectivity index (χ3v) is 14.4. The lowest BCUT2D eigenvalue weighted by molar-refractivity contribution is -0.174. The van der Waals surface area contributed by atoms with Gasteiger partial charge >= 0.3 is 13.8 Å². The largest absolute Gasteiger partial charge is 0.478 e. The Bertz CT molecular complexity index is 1360. The summed E-state index contributed by atoms with van der Waals surface area (Å²) in [6.07, 6.45) is 8.58. The molecule has 0 bridgehead atoms. The van der Waals surface area contributed by atoms with Gasteiger partial charge in [0.15, 0.2) is 0 Å². The van der Waals surface area contributed by atoms with E-state index in [0.717, 1.165) is 62.5 Å². The highest BCUT2D eigenvalue weighted by molar-refractivity contribution is 7.48. The van der Waals surface area contributed by atoms with Crippen LogP contribution < -0.4 is 0 Å². The molecule has 0 saturated heterocycles. The minimum atomic E-state index is -4.03. The number of hydrogen-bond acceptors (Lipinski definition) is 8. The van der Waals surface area contributed by atoms with Gasteiger partial charge < -0.3 is 14.9 Å². The predicted octanol–water partition coefficient (Wildman–Crippen LogP) is 8.45. The summed E-state index contributed by atoms with van der Waals surface area (Å²) in [4.78, 5) is 12.9. The summed E-state index contributed by atoms with van der Waals surface area (Å²) in [5.41, 5.74) is 1.99. The van der Waals surface area contributed by atoms with Crippen molar-refractivity contribution in [2.45, 2.75) is 110 Å². The Morgan fingerprint density at radius 2 is 1.44 bits per heavy atom. The molecule has 10 atom stereocenters. The van der Waals surface area contributed by atoms with Gasteiger partial charge in [-0.1, -0.05) is 81.4 Å². The summed E-state index contributed by atoms with van der Waals surface area (Å²) < 4.78 is 35.6. The smallest absolute Gasteiger partial charge is 0.438 e. The molecule has 0 aliphatic heterocycles. The third-order valence-electron chi connectivity index (χ3n) is 13.1. The Labute approximate surface area is 286 Å². The van der Waals surface area contributed by atoms with Gasteiger partial charge in [0.25, 0.3) is 0 Å². The van der Waals surface area contributed by atoms with Crippen molar-refractivity contribution in [2.24, 2.45) is 46.3 Å². The van der Waals surface area contributed by atoms with Gasteiger partial charge in [-0.25, -0.2) is 9.09 Å². The number of phosphoric ester groups is 1. The molecule has 8 nitrogen and oxygen atoms in total. The van der Waals surface area contributed by atoms with Crippen molar-refractivity contribution >= 4 is 13.8 Å². The molecule has 2 aromatic carbocycles. The fourth-order valence-corrected chi connectivity index (χ4v) is 11.5. The number of benzene rings is 2. The molecule has 9 heteroatoms. The van der Waals surface area contributed by atoms with Crippen LogP contribution >= 0.6 is 7.82 Å². The molecule has 48 heavy (non-hydrogen) atoms. The van der Waals surface area contributed by atoms with Crippen molar-refractivity contribution in [3.63, 3.8) is 0 Å². The molecule has 2 N–H and O–H groups in total. The quantitative estimate of drug-likeness (QED) is 0.123. The Hall–Kier alpha value is -2.06. The van der Waals surface area contributed by atoms with Crippen LogP contribution in [0.2, 0.25) is 0 Å². The first kappa shape index (κ1) is 35.8. The lowest BCUT2D eigenvalue weighted by atomic mass is 9.43. The van der Waals surface area contributed by atoms with Crippen molar-refractivity contribution in [3.8, 4) is 0 Å². The molecule has 0 unspecified atom stereocenters. The van der Waals surface area contributed by atoms with Crippen LogP contribution in [0.25, 0.3) is 0 Å². The van der Waals surface area contributed by atoms with E-state index in [-0.39, 0.29) is 42.7 Å². The van der Waals surface area contributed by atoms with Crippen LogP contribution in [0.3, 0.4) is 0 Å². The second kappa shape index (κ2) is 15.0. The lowest BCUT2D eigenvalue weighted by Crippen LogP contribution is -2.58. The number of carbonyl (C=O) groups excluding carboxylic acids is 1. The Morgan fingerprint density at radius 1 is 0.833 bits per heavy atom. The number of rotatable bonds is 13. The first-order chi connectivity index (χ1) is 23.0. The van der Waals surface area contributed by atoms with Crippen LogP contribution in [0.4, 0.5) is 0 Å². The highest BCUT2D eigenvalue weighted by Crippen LogP contribution is 2.68. The second-order valence-electron chi connectivity index (χ2n) is 15.7. The van der Waals surface area contributed by atoms with E-state index in [9.17, 15) is 19.6 Å². The minimum Gasteiger partial charge on any atom is -0.438 e. The normalized spacial score (nSPS) is 35.2. The maximum Gasteiger partial charge on any atom is 0.478 e. The summed E-state index contributed by atoms with van der Waals surface area (Å²) >= 11 is 0. The number of fused-ring (bicyclic) bond motifs is 5. The number of aliphatic hydroxyl groups is 2. The average molecular weight is 683 g/mol. The molecule has 0 heterocycles. The van der Waals surface area contributed by atoms with Gasteiger partial charge in [-0.3, -0.25) is 13.8 Å². The molecule has 2 aromatic rings. The van der Waals surface area contributed by atoms with Crippen LogP contribution in [-0.2, 0) is 40.9 Å². The average Bonchev–Trinajstić information content (AvgIpc) is 3.44. The summed E-state index contributed by atoms with van der Waals surface area (Å²) in [5.74, 6) is 2.15. The summed E-state index contributed by atoms with van der Waals surface area (Å²) in [7, 11) is -4.03. The zero-order valence-electron chi connectivity index (χ0n) is 28.9. The van der Waals surface area contributed by atoms with Crippen LogP contribution in [0.1, 0.15) is 96.1 Å². The Kier molecular flexibility index (Phi) is 11.2. The van der Waals surface area contributed by atoms with E-state index in [4.69, 9.17) is 18.3 Å². The van der Waals surface area contributed by atoms with Gasteiger partial charge in [0.2, 0.25) is 6.79 Å². The Balaban J connectivity index is 1.00. The van der Waals surface area contributed by atoms with Gasteiger partial charge in [0.05, 0.1) is 25.4 Å². The molecule has 4 fully saturated rings. The van der Waals surface area contributed by atoms with E-state index in [0.29, 0.717) is 41.9 Å². The number of ether oxygens (including phenoxy) is 1. The SMILES string of the molecule is C[C@H](CCC(=O)OCOP(=O)(OCc1ccccc1)OCc1ccccc1)[C@H]1CC[C@H]2[C@@H]3[C@@H](O)C[C@@H]4C[C@H](O)CC[C@]4(C)[C@H]3CC[C@]12C. The van der Waals surface area contributed by atoms with Gasteiger partial charge in [-0.2, -0.15) is 0 Å². The van der Waals surface area contributed by atoms with Gasteiger partial charge in [-0.05, 0) is 115 Å². The number of carbonyl (C=O) groups is 1. The second-order valence-corrected chi connectivity index (χ2v) is 17.4. The monoisotopic (exact) mass is 682 g/mol. The van der Waals surface area contributed by atoms with E-state index < -0.39 is 20.6 Å². The maximum atomic E-state index is 13.5. The van der Waals surface area contributed by atoms with E-state index in [1.165, 1.54) is 0 Å². The topological polar surface area (TPSA) is 112 Å². The number of esters is 1. The summed E-state index contributed by atoms with van der Waals surface area (Å²) in [6.45, 7) is 6.69. The molecule has 0 spiro atoms. The van der Waals surface area contributed by atoms with Crippen LogP contribution in [0, 0.1) is 46.3 Å².